The van der Waals surface area contributed by atoms with Crippen LogP contribution in [0.3, 0.4) is 0 Å². The van der Waals surface area contributed by atoms with Crippen molar-refractivity contribution in [2.75, 3.05) is 0 Å². The smallest absolute Gasteiger partial charge is 0.262 e. The third-order valence-electron chi connectivity index (χ3n) is 2.71. The van der Waals surface area contributed by atoms with Crippen LogP contribution in [0.5, 0.6) is 0 Å². The van der Waals surface area contributed by atoms with Gasteiger partial charge in [0.25, 0.3) is 5.56 Å². The summed E-state index contributed by atoms with van der Waals surface area (Å²) < 4.78 is 1.52. The molecule has 0 unspecified atom stereocenters. The number of hydrogen-bond acceptors (Lipinski definition) is 1. The van der Waals surface area contributed by atoms with Gasteiger partial charge in [0.05, 0.1) is 0 Å². The standard InChI is InChI=1S/C15H12BNO/c1-3-5-13(4-2)17-9-8-11-6-7-12(16)10-14(11)15(17)18/h3-10H,1-2H2/b13-5+. The molecule has 0 saturated carbocycles. The summed E-state index contributed by atoms with van der Waals surface area (Å²) in [5, 5.41) is 1.46. The predicted octanol–water partition coefficient (Wildman–Crippen LogP) is 2.01. The Morgan fingerprint density at radius 3 is 2.72 bits per heavy atom. The summed E-state index contributed by atoms with van der Waals surface area (Å²) >= 11 is 0. The highest BCUT2D eigenvalue weighted by Crippen LogP contribution is 2.10. The highest BCUT2D eigenvalue weighted by Gasteiger charge is 2.04. The van der Waals surface area contributed by atoms with Crippen LogP contribution in [0, 0.1) is 0 Å². The molecular formula is C15H12BNO. The normalized spacial score (nSPS) is 11.4. The van der Waals surface area contributed by atoms with E-state index in [-0.39, 0.29) is 5.56 Å². The molecule has 0 N–H and O–H groups in total. The van der Waals surface area contributed by atoms with Gasteiger partial charge in [0.1, 0.15) is 7.85 Å². The van der Waals surface area contributed by atoms with E-state index in [1.54, 1.807) is 36.6 Å². The Hall–Kier alpha value is -2.29. The minimum Gasteiger partial charge on any atom is -0.284 e. The molecule has 0 fully saturated rings. The van der Waals surface area contributed by atoms with E-state index in [1.807, 2.05) is 12.1 Å². The van der Waals surface area contributed by atoms with Gasteiger partial charge in [-0.1, -0.05) is 42.9 Å². The zero-order valence-corrected chi connectivity index (χ0v) is 9.97. The van der Waals surface area contributed by atoms with Crippen LogP contribution in [0.4, 0.5) is 0 Å². The van der Waals surface area contributed by atoms with E-state index in [2.05, 4.69) is 13.2 Å². The van der Waals surface area contributed by atoms with E-state index in [9.17, 15) is 4.79 Å². The van der Waals surface area contributed by atoms with E-state index in [0.717, 1.165) is 5.39 Å². The maximum atomic E-state index is 12.3. The lowest BCUT2D eigenvalue weighted by Gasteiger charge is -2.08. The minimum atomic E-state index is -0.118. The largest absolute Gasteiger partial charge is 0.284 e. The number of nitrogens with zero attached hydrogens (tertiary/aromatic N) is 1. The van der Waals surface area contributed by atoms with Crippen LogP contribution in [-0.4, -0.2) is 12.4 Å². The molecule has 2 nitrogen and oxygen atoms in total. The molecule has 0 bridgehead atoms. The second-order valence-electron chi connectivity index (χ2n) is 3.87. The molecule has 0 atom stereocenters. The lowest BCUT2D eigenvalue weighted by molar-refractivity contribution is 1.05. The van der Waals surface area contributed by atoms with E-state index in [4.69, 9.17) is 7.85 Å². The summed E-state index contributed by atoms with van der Waals surface area (Å²) in [6.45, 7) is 7.31. The summed E-state index contributed by atoms with van der Waals surface area (Å²) in [5.41, 5.74) is 1.14. The topological polar surface area (TPSA) is 22.0 Å². The highest BCUT2D eigenvalue weighted by atomic mass is 16.1. The van der Waals surface area contributed by atoms with E-state index >= 15 is 0 Å². The first-order valence-electron chi connectivity index (χ1n) is 5.54. The second-order valence-corrected chi connectivity index (χ2v) is 3.87. The zero-order chi connectivity index (χ0) is 13.1. The third-order valence-corrected chi connectivity index (χ3v) is 2.71. The van der Waals surface area contributed by atoms with E-state index in [0.29, 0.717) is 16.5 Å². The van der Waals surface area contributed by atoms with Crippen LogP contribution in [0.25, 0.3) is 16.5 Å². The Balaban J connectivity index is 2.79. The lowest BCUT2D eigenvalue weighted by Crippen LogP contribution is -2.19. The number of allylic oxidation sites excluding steroid dienone is 4. The lowest BCUT2D eigenvalue weighted by atomic mass is 9.94. The van der Waals surface area contributed by atoms with Crippen molar-refractivity contribution in [3.63, 3.8) is 0 Å². The van der Waals surface area contributed by atoms with Crippen molar-refractivity contribution in [2.45, 2.75) is 0 Å². The maximum absolute atomic E-state index is 12.3. The van der Waals surface area contributed by atoms with Crippen molar-refractivity contribution in [2.24, 2.45) is 0 Å². The summed E-state index contributed by atoms with van der Waals surface area (Å²) in [5.74, 6) is 0. The summed E-state index contributed by atoms with van der Waals surface area (Å²) in [6, 6.07) is 7.17. The van der Waals surface area contributed by atoms with Crippen LogP contribution in [0.1, 0.15) is 0 Å². The molecule has 86 valence electrons. The maximum Gasteiger partial charge on any atom is 0.262 e. The second kappa shape index (κ2) is 4.92. The van der Waals surface area contributed by atoms with Crippen LogP contribution in [0.15, 0.2) is 66.6 Å². The van der Waals surface area contributed by atoms with Crippen LogP contribution in [-0.2, 0) is 0 Å². The van der Waals surface area contributed by atoms with Gasteiger partial charge < -0.3 is 0 Å². The number of pyridine rings is 1. The van der Waals surface area contributed by atoms with Crippen LogP contribution >= 0.6 is 0 Å². The number of rotatable bonds is 3. The molecule has 0 spiro atoms. The van der Waals surface area contributed by atoms with Gasteiger partial charge in [-0.15, -0.1) is 0 Å². The third kappa shape index (κ3) is 2.07. The Kier molecular flexibility index (Phi) is 3.33. The quantitative estimate of drug-likeness (QED) is 0.587. The summed E-state index contributed by atoms with van der Waals surface area (Å²) in [4.78, 5) is 12.3. The molecule has 18 heavy (non-hydrogen) atoms. The molecule has 2 rings (SSSR count). The van der Waals surface area contributed by atoms with Crippen molar-refractivity contribution in [3.05, 3.63) is 72.2 Å². The molecule has 1 heterocycles. The molecule has 3 heteroatoms. The molecule has 0 amide bonds. The van der Waals surface area contributed by atoms with Crippen molar-refractivity contribution in [1.29, 1.82) is 0 Å². The first-order chi connectivity index (χ1) is 8.67. The number of fused-ring (bicyclic) bond motifs is 1. The highest BCUT2D eigenvalue weighted by molar-refractivity contribution is 6.33. The molecule has 1 aromatic heterocycles. The Morgan fingerprint density at radius 2 is 2.06 bits per heavy atom. The van der Waals surface area contributed by atoms with Gasteiger partial charge in [-0.05, 0) is 23.6 Å². The fourth-order valence-electron chi connectivity index (χ4n) is 1.83. The minimum absolute atomic E-state index is 0.118. The number of hydrogen-bond donors (Lipinski definition) is 0. The molecule has 2 radical (unpaired) electrons. The molecular weight excluding hydrogens is 221 g/mol. The fourth-order valence-corrected chi connectivity index (χ4v) is 1.83. The molecule has 0 aliphatic carbocycles. The fraction of sp³-hybridized carbons (Fsp3) is 0. The first-order valence-corrected chi connectivity index (χ1v) is 5.54. The van der Waals surface area contributed by atoms with Crippen LogP contribution in [0.2, 0.25) is 0 Å². The van der Waals surface area contributed by atoms with E-state index in [1.165, 1.54) is 4.57 Å². The Bertz CT molecular complexity index is 710. The Morgan fingerprint density at radius 1 is 1.28 bits per heavy atom. The van der Waals surface area contributed by atoms with Crippen molar-refractivity contribution in [3.8, 4) is 0 Å². The van der Waals surface area contributed by atoms with Gasteiger partial charge in [0, 0.05) is 17.3 Å². The zero-order valence-electron chi connectivity index (χ0n) is 9.97. The summed E-state index contributed by atoms with van der Waals surface area (Å²) in [7, 11) is 5.71. The average molecular weight is 233 g/mol. The Labute approximate surface area is 107 Å². The molecule has 0 aliphatic heterocycles. The monoisotopic (exact) mass is 233 g/mol. The van der Waals surface area contributed by atoms with E-state index < -0.39 is 0 Å². The van der Waals surface area contributed by atoms with Crippen molar-refractivity contribution < 1.29 is 0 Å². The van der Waals surface area contributed by atoms with Gasteiger partial charge in [0.15, 0.2) is 0 Å². The van der Waals surface area contributed by atoms with Gasteiger partial charge >= 0.3 is 0 Å². The van der Waals surface area contributed by atoms with Gasteiger partial charge in [0.2, 0.25) is 0 Å². The average Bonchev–Trinajstić information content (AvgIpc) is 2.38. The van der Waals surface area contributed by atoms with Gasteiger partial charge in [-0.2, -0.15) is 0 Å². The van der Waals surface area contributed by atoms with Crippen LogP contribution < -0.4 is 11.0 Å². The molecule has 2 aromatic rings. The predicted molar refractivity (Wildman–Crippen MR) is 78.3 cm³/mol. The molecule has 0 saturated heterocycles. The number of benzene rings is 1. The number of aromatic nitrogens is 1. The van der Waals surface area contributed by atoms with Crippen molar-refractivity contribution in [1.82, 2.24) is 4.57 Å². The first kappa shape index (κ1) is 12.2. The molecule has 1 aromatic carbocycles. The van der Waals surface area contributed by atoms with Gasteiger partial charge in [-0.25, -0.2) is 0 Å². The van der Waals surface area contributed by atoms with Gasteiger partial charge in [-0.3, -0.25) is 9.36 Å². The molecule has 0 aliphatic rings. The summed E-state index contributed by atoms with van der Waals surface area (Å²) in [6.07, 6.45) is 6.68. The van der Waals surface area contributed by atoms with Crippen molar-refractivity contribution >= 4 is 29.8 Å². The SMILES string of the molecule is [B]c1ccc2ccn(/C(C=C)=C/C=C)c(=O)c2c1.